The Labute approximate surface area is 109 Å². The predicted molar refractivity (Wildman–Crippen MR) is 73.2 cm³/mol. The molecule has 1 aliphatic heterocycles. The molecule has 0 fully saturated rings. The molecule has 1 N–H and O–H groups in total. The number of ether oxygens (including phenoxy) is 2. The standard InChI is InChI=1S/C15H23NO2/c1-3-16-14-5-4-9-18-15-7-6-12(8-10-17-2)11-13(14)15/h6-7,11,14,16H,3-5,8-10H2,1-2H3. The number of fused-ring (bicyclic) bond motifs is 1. The average Bonchev–Trinajstić information content (AvgIpc) is 2.59. The van der Waals surface area contributed by atoms with Gasteiger partial charge in [-0.05, 0) is 37.4 Å². The van der Waals surface area contributed by atoms with Gasteiger partial charge in [0.2, 0.25) is 0 Å². The molecule has 0 amide bonds. The predicted octanol–water partition coefficient (Wildman–Crippen LogP) is 2.70. The van der Waals surface area contributed by atoms with Crippen LogP contribution in [0.4, 0.5) is 0 Å². The van der Waals surface area contributed by atoms with Crippen molar-refractivity contribution < 1.29 is 9.47 Å². The van der Waals surface area contributed by atoms with Crippen LogP contribution in [0.2, 0.25) is 0 Å². The minimum absolute atomic E-state index is 0.426. The summed E-state index contributed by atoms with van der Waals surface area (Å²) in [6.07, 6.45) is 3.22. The van der Waals surface area contributed by atoms with Crippen molar-refractivity contribution in [2.24, 2.45) is 0 Å². The molecule has 100 valence electrons. The second-order valence-electron chi connectivity index (χ2n) is 4.72. The van der Waals surface area contributed by atoms with Crippen molar-refractivity contribution in [1.29, 1.82) is 0 Å². The van der Waals surface area contributed by atoms with Gasteiger partial charge in [-0.1, -0.05) is 19.1 Å². The van der Waals surface area contributed by atoms with Crippen LogP contribution in [0.15, 0.2) is 18.2 Å². The molecule has 0 radical (unpaired) electrons. The average molecular weight is 249 g/mol. The molecular formula is C15H23NO2. The zero-order valence-corrected chi connectivity index (χ0v) is 11.4. The molecule has 1 atom stereocenters. The molecular weight excluding hydrogens is 226 g/mol. The van der Waals surface area contributed by atoms with E-state index in [0.29, 0.717) is 6.04 Å². The van der Waals surface area contributed by atoms with E-state index in [0.717, 1.165) is 44.8 Å². The molecule has 3 heteroatoms. The van der Waals surface area contributed by atoms with Crippen LogP contribution < -0.4 is 10.1 Å². The summed E-state index contributed by atoms with van der Waals surface area (Å²) in [6.45, 7) is 4.74. The van der Waals surface area contributed by atoms with Crippen molar-refractivity contribution in [3.8, 4) is 5.75 Å². The van der Waals surface area contributed by atoms with Crippen molar-refractivity contribution in [3.63, 3.8) is 0 Å². The van der Waals surface area contributed by atoms with Gasteiger partial charge >= 0.3 is 0 Å². The Morgan fingerprint density at radius 1 is 1.44 bits per heavy atom. The fourth-order valence-corrected chi connectivity index (χ4v) is 2.46. The van der Waals surface area contributed by atoms with E-state index >= 15 is 0 Å². The summed E-state index contributed by atoms with van der Waals surface area (Å²) in [5.41, 5.74) is 2.63. The number of hydrogen-bond donors (Lipinski definition) is 1. The minimum Gasteiger partial charge on any atom is -0.493 e. The van der Waals surface area contributed by atoms with Crippen LogP contribution in [0.3, 0.4) is 0 Å². The maximum absolute atomic E-state index is 5.81. The molecule has 0 saturated carbocycles. The van der Waals surface area contributed by atoms with E-state index in [-0.39, 0.29) is 0 Å². The SMILES string of the molecule is CCNC1CCCOc2ccc(CCOC)cc21. The molecule has 1 aliphatic rings. The quantitative estimate of drug-likeness (QED) is 0.870. The third-order valence-electron chi connectivity index (χ3n) is 3.39. The molecule has 0 saturated heterocycles. The third-order valence-corrected chi connectivity index (χ3v) is 3.39. The van der Waals surface area contributed by atoms with Crippen molar-refractivity contribution in [3.05, 3.63) is 29.3 Å². The molecule has 18 heavy (non-hydrogen) atoms. The van der Waals surface area contributed by atoms with Gasteiger partial charge in [0, 0.05) is 18.7 Å². The van der Waals surface area contributed by atoms with E-state index in [2.05, 4.69) is 30.4 Å². The number of methoxy groups -OCH3 is 1. The van der Waals surface area contributed by atoms with E-state index in [1.165, 1.54) is 11.1 Å². The zero-order valence-electron chi connectivity index (χ0n) is 11.4. The number of rotatable bonds is 5. The maximum atomic E-state index is 5.81. The van der Waals surface area contributed by atoms with Crippen LogP contribution in [0.5, 0.6) is 5.75 Å². The lowest BCUT2D eigenvalue weighted by molar-refractivity contribution is 0.202. The Morgan fingerprint density at radius 3 is 3.11 bits per heavy atom. The number of benzene rings is 1. The zero-order chi connectivity index (χ0) is 12.8. The fraction of sp³-hybridized carbons (Fsp3) is 0.600. The van der Waals surface area contributed by atoms with Crippen LogP contribution in [-0.2, 0) is 11.2 Å². The Balaban J connectivity index is 2.21. The highest BCUT2D eigenvalue weighted by Crippen LogP contribution is 2.32. The van der Waals surface area contributed by atoms with Gasteiger partial charge in [0.1, 0.15) is 5.75 Å². The van der Waals surface area contributed by atoms with Crippen LogP contribution in [-0.4, -0.2) is 26.9 Å². The molecule has 1 aromatic carbocycles. The lowest BCUT2D eigenvalue weighted by atomic mass is 9.99. The third kappa shape index (κ3) is 3.24. The first-order chi connectivity index (χ1) is 8.85. The summed E-state index contributed by atoms with van der Waals surface area (Å²) >= 11 is 0. The van der Waals surface area contributed by atoms with Crippen LogP contribution in [0.25, 0.3) is 0 Å². The van der Waals surface area contributed by atoms with Gasteiger partial charge in [-0.15, -0.1) is 0 Å². The fourth-order valence-electron chi connectivity index (χ4n) is 2.46. The summed E-state index contributed by atoms with van der Waals surface area (Å²) in [5.74, 6) is 1.04. The Bertz CT molecular complexity index is 379. The van der Waals surface area contributed by atoms with E-state index in [1.54, 1.807) is 7.11 Å². The van der Waals surface area contributed by atoms with E-state index in [4.69, 9.17) is 9.47 Å². The van der Waals surface area contributed by atoms with Crippen LogP contribution in [0.1, 0.15) is 36.9 Å². The van der Waals surface area contributed by atoms with Gasteiger partial charge in [0.15, 0.2) is 0 Å². The summed E-state index contributed by atoms with van der Waals surface area (Å²) in [7, 11) is 1.74. The first-order valence-corrected chi connectivity index (χ1v) is 6.83. The van der Waals surface area contributed by atoms with Gasteiger partial charge in [0.25, 0.3) is 0 Å². The molecule has 0 aliphatic carbocycles. The molecule has 1 unspecified atom stereocenters. The van der Waals surface area contributed by atoms with Gasteiger partial charge in [0.05, 0.1) is 13.2 Å². The molecule has 0 aromatic heterocycles. The molecule has 3 nitrogen and oxygen atoms in total. The van der Waals surface area contributed by atoms with Crippen molar-refractivity contribution in [1.82, 2.24) is 5.32 Å². The highest BCUT2D eigenvalue weighted by Gasteiger charge is 2.19. The Kier molecular flexibility index (Phi) is 5.02. The lowest BCUT2D eigenvalue weighted by Crippen LogP contribution is -2.20. The van der Waals surface area contributed by atoms with Crippen molar-refractivity contribution in [2.75, 3.05) is 26.9 Å². The summed E-state index contributed by atoms with van der Waals surface area (Å²) in [4.78, 5) is 0. The summed E-state index contributed by atoms with van der Waals surface area (Å²) in [5, 5.41) is 3.55. The van der Waals surface area contributed by atoms with Crippen LogP contribution in [0, 0.1) is 0 Å². The van der Waals surface area contributed by atoms with Crippen molar-refractivity contribution in [2.45, 2.75) is 32.2 Å². The highest BCUT2D eigenvalue weighted by molar-refractivity contribution is 5.40. The highest BCUT2D eigenvalue weighted by atomic mass is 16.5. The van der Waals surface area contributed by atoms with Gasteiger partial charge in [-0.25, -0.2) is 0 Å². The summed E-state index contributed by atoms with van der Waals surface area (Å²) in [6, 6.07) is 6.95. The maximum Gasteiger partial charge on any atom is 0.124 e. The smallest absolute Gasteiger partial charge is 0.124 e. The lowest BCUT2D eigenvalue weighted by Gasteiger charge is -2.18. The van der Waals surface area contributed by atoms with Crippen molar-refractivity contribution >= 4 is 0 Å². The minimum atomic E-state index is 0.426. The van der Waals surface area contributed by atoms with Gasteiger partial charge < -0.3 is 14.8 Å². The van der Waals surface area contributed by atoms with E-state index in [1.807, 2.05) is 0 Å². The topological polar surface area (TPSA) is 30.5 Å². The monoisotopic (exact) mass is 249 g/mol. The largest absolute Gasteiger partial charge is 0.493 e. The van der Waals surface area contributed by atoms with E-state index < -0.39 is 0 Å². The second-order valence-corrected chi connectivity index (χ2v) is 4.72. The Hall–Kier alpha value is -1.06. The van der Waals surface area contributed by atoms with E-state index in [9.17, 15) is 0 Å². The first-order valence-electron chi connectivity index (χ1n) is 6.83. The first kappa shape index (κ1) is 13.4. The molecule has 0 bridgehead atoms. The normalized spacial score (nSPS) is 18.9. The summed E-state index contributed by atoms with van der Waals surface area (Å²) < 4.78 is 11.0. The Morgan fingerprint density at radius 2 is 2.33 bits per heavy atom. The van der Waals surface area contributed by atoms with Gasteiger partial charge in [-0.3, -0.25) is 0 Å². The van der Waals surface area contributed by atoms with Gasteiger partial charge in [-0.2, -0.15) is 0 Å². The molecule has 1 heterocycles. The number of hydrogen-bond acceptors (Lipinski definition) is 3. The molecule has 1 aromatic rings. The molecule has 0 spiro atoms. The second kappa shape index (κ2) is 6.76. The molecule has 2 rings (SSSR count). The number of nitrogens with one attached hydrogen (secondary N) is 1. The van der Waals surface area contributed by atoms with Crippen LogP contribution >= 0.6 is 0 Å².